The van der Waals surface area contributed by atoms with Gasteiger partial charge in [0.2, 0.25) is 11.7 Å². The van der Waals surface area contributed by atoms with Gasteiger partial charge in [-0.05, 0) is 23.8 Å². The minimum absolute atomic E-state index is 0.0656. The second-order valence-corrected chi connectivity index (χ2v) is 5.56. The van der Waals surface area contributed by atoms with Crippen molar-refractivity contribution in [3.8, 4) is 11.4 Å². The molecule has 2 amide bonds. The lowest BCUT2D eigenvalue weighted by atomic mass is 10.1. The summed E-state index contributed by atoms with van der Waals surface area (Å²) in [5.41, 5.74) is 2.24. The van der Waals surface area contributed by atoms with E-state index in [9.17, 15) is 9.59 Å². The van der Waals surface area contributed by atoms with Crippen LogP contribution in [0.25, 0.3) is 11.4 Å². The summed E-state index contributed by atoms with van der Waals surface area (Å²) >= 11 is 0. The maximum absolute atomic E-state index is 12.3. The summed E-state index contributed by atoms with van der Waals surface area (Å²) in [4.78, 5) is 34.2. The van der Waals surface area contributed by atoms with E-state index in [4.69, 9.17) is 9.36 Å². The zero-order valence-corrected chi connectivity index (χ0v) is 13.3. The van der Waals surface area contributed by atoms with Gasteiger partial charge in [0.25, 0.3) is 11.8 Å². The molecule has 0 fully saturated rings. The Morgan fingerprint density at radius 3 is 2.40 bits per heavy atom. The summed E-state index contributed by atoms with van der Waals surface area (Å²) < 4.78 is 4.97. The zero-order chi connectivity index (χ0) is 17.4. The van der Waals surface area contributed by atoms with Crippen molar-refractivity contribution in [3.05, 3.63) is 71.1 Å². The predicted octanol–water partition coefficient (Wildman–Crippen LogP) is 2.77. The van der Waals surface area contributed by atoms with Crippen LogP contribution in [0.15, 0.2) is 53.1 Å². The fourth-order valence-corrected chi connectivity index (χ4v) is 2.64. The minimum Gasteiger partial charge on any atom is -0.339 e. The molecule has 0 spiro atoms. The van der Waals surface area contributed by atoms with Gasteiger partial charge in [-0.2, -0.15) is 4.98 Å². The number of fused-ring (bicyclic) bond motifs is 1. The lowest BCUT2D eigenvalue weighted by Crippen LogP contribution is -2.29. The number of hydrogen-bond donors (Lipinski definition) is 0. The first kappa shape index (κ1) is 15.2. The molecule has 0 radical (unpaired) electrons. The van der Waals surface area contributed by atoms with Crippen molar-refractivity contribution < 1.29 is 18.9 Å². The Bertz CT molecular complexity index is 945. The van der Waals surface area contributed by atoms with Crippen LogP contribution in [0.2, 0.25) is 0 Å². The third-order valence-electron chi connectivity index (χ3n) is 3.83. The number of aryl methyl sites for hydroxylation is 1. The standard InChI is InChI=1S/C18H13N3O4/c1-11-19-16(20-25-11)13-6-4-5-12(9-13)10-24-21-17(22)14-7-2-3-8-15(14)18(21)23/h2-9H,10H2,1H3. The maximum Gasteiger partial charge on any atom is 0.285 e. The van der Waals surface area contributed by atoms with Crippen LogP contribution in [0.1, 0.15) is 32.2 Å². The fourth-order valence-electron chi connectivity index (χ4n) is 2.64. The van der Waals surface area contributed by atoms with E-state index in [-0.39, 0.29) is 6.61 Å². The van der Waals surface area contributed by atoms with Crippen molar-refractivity contribution in [1.29, 1.82) is 0 Å². The molecule has 1 aliphatic heterocycles. The van der Waals surface area contributed by atoms with Gasteiger partial charge in [-0.1, -0.05) is 35.5 Å². The first-order valence-corrected chi connectivity index (χ1v) is 7.64. The Morgan fingerprint density at radius 1 is 1.04 bits per heavy atom. The molecule has 0 unspecified atom stereocenters. The molecule has 124 valence electrons. The van der Waals surface area contributed by atoms with E-state index in [1.165, 1.54) is 0 Å². The van der Waals surface area contributed by atoms with Crippen molar-refractivity contribution in [2.45, 2.75) is 13.5 Å². The molecule has 25 heavy (non-hydrogen) atoms. The molecule has 1 aliphatic rings. The minimum atomic E-state index is -0.453. The summed E-state index contributed by atoms with van der Waals surface area (Å²) in [5, 5.41) is 4.67. The van der Waals surface area contributed by atoms with E-state index < -0.39 is 11.8 Å². The first-order chi connectivity index (χ1) is 12.1. The Labute approximate surface area is 142 Å². The highest BCUT2D eigenvalue weighted by Crippen LogP contribution is 2.24. The average molecular weight is 335 g/mol. The van der Waals surface area contributed by atoms with Crippen LogP contribution < -0.4 is 0 Å². The number of aromatic nitrogens is 2. The Kier molecular flexibility index (Phi) is 3.62. The highest BCUT2D eigenvalue weighted by atomic mass is 16.7. The fraction of sp³-hybridized carbons (Fsp3) is 0.111. The lowest BCUT2D eigenvalue weighted by Gasteiger charge is -2.13. The van der Waals surface area contributed by atoms with Gasteiger partial charge in [-0.3, -0.25) is 14.4 Å². The van der Waals surface area contributed by atoms with Crippen LogP contribution in [-0.4, -0.2) is 27.0 Å². The lowest BCUT2D eigenvalue weighted by molar-refractivity contribution is -0.101. The molecule has 2 aromatic carbocycles. The van der Waals surface area contributed by atoms with Crippen LogP contribution in [0.4, 0.5) is 0 Å². The summed E-state index contributed by atoms with van der Waals surface area (Å²) in [5.74, 6) is 0.0406. The molecule has 0 bridgehead atoms. The molecular formula is C18H13N3O4. The average Bonchev–Trinajstić information content (AvgIpc) is 3.17. The Morgan fingerprint density at radius 2 is 1.76 bits per heavy atom. The Hall–Kier alpha value is -3.32. The largest absolute Gasteiger partial charge is 0.339 e. The first-order valence-electron chi connectivity index (χ1n) is 7.64. The maximum atomic E-state index is 12.3. The van der Waals surface area contributed by atoms with Gasteiger partial charge >= 0.3 is 0 Å². The van der Waals surface area contributed by atoms with E-state index in [2.05, 4.69) is 10.1 Å². The van der Waals surface area contributed by atoms with Gasteiger partial charge in [0.1, 0.15) is 6.61 Å². The van der Waals surface area contributed by atoms with Gasteiger partial charge in [0, 0.05) is 12.5 Å². The number of benzene rings is 2. The number of hydrogen-bond acceptors (Lipinski definition) is 6. The monoisotopic (exact) mass is 335 g/mol. The topological polar surface area (TPSA) is 85.5 Å². The second-order valence-electron chi connectivity index (χ2n) is 5.56. The van der Waals surface area contributed by atoms with Crippen LogP contribution in [0.3, 0.4) is 0 Å². The third-order valence-corrected chi connectivity index (χ3v) is 3.83. The summed E-state index contributed by atoms with van der Waals surface area (Å²) in [6.07, 6.45) is 0. The molecule has 0 N–H and O–H groups in total. The number of amides is 2. The van der Waals surface area contributed by atoms with Crippen molar-refractivity contribution in [2.75, 3.05) is 0 Å². The van der Waals surface area contributed by atoms with Gasteiger partial charge < -0.3 is 4.52 Å². The molecule has 3 aromatic rings. The molecule has 7 heteroatoms. The van der Waals surface area contributed by atoms with Crippen molar-refractivity contribution >= 4 is 11.8 Å². The molecule has 2 heterocycles. The number of hydroxylamine groups is 2. The zero-order valence-electron chi connectivity index (χ0n) is 13.3. The number of carbonyl (C=O) groups is 2. The van der Waals surface area contributed by atoms with E-state index >= 15 is 0 Å². The molecule has 7 nitrogen and oxygen atoms in total. The molecule has 0 atom stereocenters. The SMILES string of the molecule is Cc1nc(-c2cccc(CON3C(=O)c4ccccc4C3=O)c2)no1. The molecule has 1 aromatic heterocycles. The van der Waals surface area contributed by atoms with Crippen molar-refractivity contribution in [2.24, 2.45) is 0 Å². The van der Waals surface area contributed by atoms with Crippen LogP contribution in [0.5, 0.6) is 0 Å². The molecule has 0 saturated heterocycles. The van der Waals surface area contributed by atoms with E-state index in [1.54, 1.807) is 31.2 Å². The summed E-state index contributed by atoms with van der Waals surface area (Å²) in [6, 6.07) is 14.0. The highest BCUT2D eigenvalue weighted by molar-refractivity contribution is 6.20. The van der Waals surface area contributed by atoms with Crippen LogP contribution in [0, 0.1) is 6.92 Å². The van der Waals surface area contributed by atoms with E-state index in [0.717, 1.165) is 16.2 Å². The number of imide groups is 1. The quantitative estimate of drug-likeness (QED) is 0.682. The van der Waals surface area contributed by atoms with E-state index in [1.807, 2.05) is 24.3 Å². The smallest absolute Gasteiger partial charge is 0.285 e. The predicted molar refractivity (Wildman–Crippen MR) is 86.2 cm³/mol. The summed E-state index contributed by atoms with van der Waals surface area (Å²) in [7, 11) is 0. The van der Waals surface area contributed by atoms with Crippen LogP contribution >= 0.6 is 0 Å². The highest BCUT2D eigenvalue weighted by Gasteiger charge is 2.36. The number of rotatable bonds is 4. The third kappa shape index (κ3) is 2.70. The number of carbonyl (C=O) groups excluding carboxylic acids is 2. The van der Waals surface area contributed by atoms with Crippen LogP contribution in [-0.2, 0) is 11.4 Å². The molecule has 0 saturated carbocycles. The van der Waals surface area contributed by atoms with Crippen molar-refractivity contribution in [1.82, 2.24) is 15.2 Å². The van der Waals surface area contributed by atoms with Crippen molar-refractivity contribution in [3.63, 3.8) is 0 Å². The second kappa shape index (κ2) is 5.95. The van der Waals surface area contributed by atoms with Gasteiger partial charge in [0.15, 0.2) is 0 Å². The summed E-state index contributed by atoms with van der Waals surface area (Å²) in [6.45, 7) is 1.78. The molecule has 0 aliphatic carbocycles. The molecular weight excluding hydrogens is 322 g/mol. The van der Waals surface area contributed by atoms with Gasteiger partial charge in [-0.15, -0.1) is 5.06 Å². The van der Waals surface area contributed by atoms with E-state index in [0.29, 0.717) is 22.8 Å². The van der Waals surface area contributed by atoms with Gasteiger partial charge in [-0.25, -0.2) is 0 Å². The molecule has 4 rings (SSSR count). The van der Waals surface area contributed by atoms with Gasteiger partial charge in [0.05, 0.1) is 11.1 Å². The normalized spacial score (nSPS) is 13.4. The number of nitrogens with zero attached hydrogens (tertiary/aromatic N) is 3. The Balaban J connectivity index is 1.51.